The molecular formula is C14H20N2O2S. The lowest BCUT2D eigenvalue weighted by Crippen LogP contribution is -2.41. The maximum atomic E-state index is 12.2. The second-order valence-electron chi connectivity index (χ2n) is 6.34. The fraction of sp³-hybridized carbons (Fsp3) is 0.857. The number of hydrogen-bond donors (Lipinski definition) is 1. The summed E-state index contributed by atoms with van der Waals surface area (Å²) in [5.41, 5.74) is 0. The molecule has 4 aliphatic rings. The summed E-state index contributed by atoms with van der Waals surface area (Å²) < 4.78 is 5.10. The van der Waals surface area contributed by atoms with Crippen molar-refractivity contribution in [2.45, 2.75) is 49.3 Å². The highest BCUT2D eigenvalue weighted by Gasteiger charge is 2.48. The summed E-state index contributed by atoms with van der Waals surface area (Å²) in [6, 6.07) is 0.469. The Labute approximate surface area is 117 Å². The number of amides is 1. The summed E-state index contributed by atoms with van der Waals surface area (Å²) >= 11 is 1.67. The minimum atomic E-state index is -0.283. The normalized spacial score (nSPS) is 42.2. The van der Waals surface area contributed by atoms with Gasteiger partial charge >= 0.3 is 0 Å². The quantitative estimate of drug-likeness (QED) is 0.798. The van der Waals surface area contributed by atoms with Gasteiger partial charge < -0.3 is 10.1 Å². The average Bonchev–Trinajstić information content (AvgIpc) is 3.08. The van der Waals surface area contributed by atoms with Gasteiger partial charge in [0.05, 0.1) is 6.04 Å². The molecule has 3 atom stereocenters. The second kappa shape index (κ2) is 4.48. The lowest BCUT2D eigenvalue weighted by atomic mass is 9.96. The minimum absolute atomic E-state index is 0.155. The Kier molecular flexibility index (Phi) is 2.88. The van der Waals surface area contributed by atoms with Crippen LogP contribution in [0.25, 0.3) is 0 Å². The molecule has 2 heterocycles. The molecule has 1 amide bonds. The molecule has 4 rings (SSSR count). The first kappa shape index (κ1) is 12.2. The minimum Gasteiger partial charge on any atom is -0.381 e. The van der Waals surface area contributed by atoms with E-state index in [4.69, 9.17) is 9.73 Å². The number of ether oxygens (including phenoxy) is 1. The van der Waals surface area contributed by atoms with E-state index in [1.807, 2.05) is 0 Å². The van der Waals surface area contributed by atoms with Crippen molar-refractivity contribution in [3.8, 4) is 0 Å². The number of fused-ring (bicyclic) bond motifs is 2. The zero-order valence-corrected chi connectivity index (χ0v) is 11.9. The van der Waals surface area contributed by atoms with Crippen molar-refractivity contribution in [2.75, 3.05) is 13.2 Å². The first-order valence-corrected chi connectivity index (χ1v) is 8.23. The summed E-state index contributed by atoms with van der Waals surface area (Å²) in [6.07, 6.45) is 6.97. The molecule has 0 unspecified atom stereocenters. The molecule has 5 heteroatoms. The fourth-order valence-corrected chi connectivity index (χ4v) is 5.29. The maximum absolute atomic E-state index is 12.2. The molecule has 0 aromatic carbocycles. The van der Waals surface area contributed by atoms with Crippen LogP contribution in [-0.2, 0) is 9.53 Å². The summed E-state index contributed by atoms with van der Waals surface area (Å²) in [5.74, 6) is 1.84. The van der Waals surface area contributed by atoms with Gasteiger partial charge in [-0.3, -0.25) is 9.79 Å². The molecule has 104 valence electrons. The van der Waals surface area contributed by atoms with Gasteiger partial charge in [-0.2, -0.15) is 0 Å². The van der Waals surface area contributed by atoms with Crippen molar-refractivity contribution in [3.05, 3.63) is 0 Å². The summed E-state index contributed by atoms with van der Waals surface area (Å²) in [5, 5.41) is 3.90. The number of nitrogens with one attached hydrogen (secondary N) is 1. The van der Waals surface area contributed by atoms with Gasteiger partial charge in [0.1, 0.15) is 4.75 Å². The van der Waals surface area contributed by atoms with Crippen LogP contribution in [-0.4, -0.2) is 35.1 Å². The van der Waals surface area contributed by atoms with Gasteiger partial charge in [0, 0.05) is 13.2 Å². The number of amidine groups is 1. The van der Waals surface area contributed by atoms with E-state index in [1.54, 1.807) is 11.8 Å². The lowest BCUT2D eigenvalue weighted by molar-refractivity contribution is -0.123. The summed E-state index contributed by atoms with van der Waals surface area (Å²) in [7, 11) is 0. The highest BCUT2D eigenvalue weighted by molar-refractivity contribution is 8.16. The highest BCUT2D eigenvalue weighted by atomic mass is 32.2. The van der Waals surface area contributed by atoms with Gasteiger partial charge in [0.25, 0.3) is 0 Å². The van der Waals surface area contributed by atoms with Gasteiger partial charge in [0.15, 0.2) is 5.17 Å². The van der Waals surface area contributed by atoms with Crippen LogP contribution in [0.1, 0.15) is 38.5 Å². The molecule has 1 N–H and O–H groups in total. The van der Waals surface area contributed by atoms with Crippen LogP contribution >= 0.6 is 11.8 Å². The molecule has 2 aliphatic heterocycles. The Morgan fingerprint density at radius 2 is 2.11 bits per heavy atom. The lowest BCUT2D eigenvalue weighted by Gasteiger charge is -2.28. The number of carbonyl (C=O) groups excluding carboxylic acids is 1. The molecule has 2 bridgehead atoms. The number of aliphatic imine (C=N–C) groups is 1. The molecule has 19 heavy (non-hydrogen) atoms. The van der Waals surface area contributed by atoms with Crippen molar-refractivity contribution in [3.63, 3.8) is 0 Å². The summed E-state index contributed by atoms with van der Waals surface area (Å²) in [6.45, 7) is 1.39. The largest absolute Gasteiger partial charge is 0.381 e. The first-order valence-electron chi connectivity index (χ1n) is 7.41. The van der Waals surface area contributed by atoms with E-state index in [1.165, 1.54) is 25.7 Å². The van der Waals surface area contributed by atoms with Gasteiger partial charge in [-0.15, -0.1) is 0 Å². The van der Waals surface area contributed by atoms with Crippen LogP contribution in [0.4, 0.5) is 0 Å². The van der Waals surface area contributed by atoms with Crippen molar-refractivity contribution in [2.24, 2.45) is 16.8 Å². The van der Waals surface area contributed by atoms with E-state index < -0.39 is 0 Å². The Bertz CT molecular complexity index is 431. The predicted molar refractivity (Wildman–Crippen MR) is 75.2 cm³/mol. The van der Waals surface area contributed by atoms with Gasteiger partial charge in [-0.25, -0.2) is 0 Å². The monoisotopic (exact) mass is 280 g/mol. The van der Waals surface area contributed by atoms with Crippen molar-refractivity contribution < 1.29 is 9.53 Å². The molecule has 0 radical (unpaired) electrons. The smallest absolute Gasteiger partial charge is 0.242 e. The first-order chi connectivity index (χ1) is 9.25. The molecule has 4 fully saturated rings. The molecular weight excluding hydrogens is 260 g/mol. The van der Waals surface area contributed by atoms with Crippen LogP contribution < -0.4 is 5.32 Å². The molecule has 2 aliphatic carbocycles. The Balaban J connectivity index is 1.50. The number of hydrogen-bond acceptors (Lipinski definition) is 4. The highest BCUT2D eigenvalue weighted by Crippen LogP contribution is 2.47. The molecule has 0 aromatic heterocycles. The van der Waals surface area contributed by atoms with Gasteiger partial charge in [0.2, 0.25) is 5.91 Å². The van der Waals surface area contributed by atoms with Crippen LogP contribution in [0.2, 0.25) is 0 Å². The van der Waals surface area contributed by atoms with E-state index in [2.05, 4.69) is 5.32 Å². The third-order valence-corrected chi connectivity index (χ3v) is 6.60. The number of carbonyl (C=O) groups is 1. The van der Waals surface area contributed by atoms with E-state index in [0.717, 1.165) is 29.8 Å². The van der Waals surface area contributed by atoms with Crippen molar-refractivity contribution >= 4 is 22.8 Å². The number of thioether (sulfide) groups is 1. The Morgan fingerprint density at radius 1 is 1.26 bits per heavy atom. The second-order valence-corrected chi connectivity index (χ2v) is 7.71. The number of rotatable bonds is 1. The molecule has 0 aromatic rings. The zero-order valence-electron chi connectivity index (χ0n) is 11.1. The molecule has 4 nitrogen and oxygen atoms in total. The van der Waals surface area contributed by atoms with Gasteiger partial charge in [-0.1, -0.05) is 18.2 Å². The predicted octanol–water partition coefficient (Wildman–Crippen LogP) is 1.94. The van der Waals surface area contributed by atoms with E-state index in [0.29, 0.717) is 19.3 Å². The van der Waals surface area contributed by atoms with Crippen molar-refractivity contribution in [1.29, 1.82) is 0 Å². The van der Waals surface area contributed by atoms with Gasteiger partial charge in [-0.05, 0) is 43.9 Å². The van der Waals surface area contributed by atoms with Crippen LogP contribution in [0.3, 0.4) is 0 Å². The molecule has 1 spiro atoms. The van der Waals surface area contributed by atoms with E-state index in [9.17, 15) is 4.79 Å². The van der Waals surface area contributed by atoms with Crippen LogP contribution in [0, 0.1) is 11.8 Å². The Morgan fingerprint density at radius 3 is 2.79 bits per heavy atom. The van der Waals surface area contributed by atoms with Crippen LogP contribution in [0.5, 0.6) is 0 Å². The average molecular weight is 280 g/mol. The van der Waals surface area contributed by atoms with Crippen LogP contribution in [0.15, 0.2) is 4.99 Å². The Hall–Kier alpha value is -0.550. The zero-order chi connectivity index (χ0) is 12.9. The van der Waals surface area contributed by atoms with E-state index in [-0.39, 0.29) is 10.7 Å². The molecule has 2 saturated carbocycles. The van der Waals surface area contributed by atoms with E-state index >= 15 is 0 Å². The fourth-order valence-electron chi connectivity index (χ4n) is 4.08. The maximum Gasteiger partial charge on any atom is 0.242 e. The molecule has 2 saturated heterocycles. The van der Waals surface area contributed by atoms with Crippen molar-refractivity contribution in [1.82, 2.24) is 5.32 Å². The summed E-state index contributed by atoms with van der Waals surface area (Å²) in [4.78, 5) is 17.1. The third-order valence-electron chi connectivity index (χ3n) is 5.21. The standard InChI is InChI=1S/C14H20N2O2S/c17-12-14(3-5-18-6-4-14)19-13(16-12)15-11-8-9-1-2-10(11)7-9/h9-11H,1-8H2,(H,15,16,17)/t9-,10+,11-/m0/s1. The number of nitrogens with zero attached hydrogens (tertiary/aromatic N) is 1. The third kappa shape index (κ3) is 2.02. The topological polar surface area (TPSA) is 50.7 Å². The SMILES string of the molecule is O=C1NC(=N[C@H]2C[C@H]3CC[C@@H]2C3)SC12CCOCC2.